The fraction of sp³-hybridized carbons (Fsp3) is 0.509. The Balaban J connectivity index is 0.864. The summed E-state index contributed by atoms with van der Waals surface area (Å²) >= 11 is 0. The Bertz CT molecular complexity index is 2800. The Labute approximate surface area is 397 Å². The minimum atomic E-state index is -0.687. The number of likely N-dealkylation sites (tertiary alicyclic amines) is 2. The predicted molar refractivity (Wildman–Crippen MR) is 257 cm³/mol. The van der Waals surface area contributed by atoms with Crippen LogP contribution in [-0.2, 0) is 19.1 Å². The van der Waals surface area contributed by atoms with E-state index < -0.39 is 24.3 Å². The molecule has 2 aliphatic carbocycles. The van der Waals surface area contributed by atoms with Gasteiger partial charge in [0.05, 0.1) is 49.2 Å². The third-order valence-electron chi connectivity index (χ3n) is 16.6. The number of nitrogens with one attached hydrogen (secondary N) is 4. The molecule has 6 heterocycles. The number of methoxy groups -OCH3 is 2. The van der Waals surface area contributed by atoms with Gasteiger partial charge in [-0.1, -0.05) is 70.2 Å². The minimum Gasteiger partial charge on any atom is -0.453 e. The van der Waals surface area contributed by atoms with Gasteiger partial charge in [0, 0.05) is 24.2 Å². The fourth-order valence-electron chi connectivity index (χ4n) is 13.3. The molecular weight excluding hydrogens is 859 g/mol. The number of ether oxygens (including phenoxy) is 2. The molecule has 0 spiro atoms. The van der Waals surface area contributed by atoms with E-state index in [9.17, 15) is 19.2 Å². The number of hydrogen-bond acceptors (Lipinski definition) is 9. The highest BCUT2D eigenvalue weighted by Crippen LogP contribution is 2.58. The number of rotatable bonds is 11. The third kappa shape index (κ3) is 7.17. The van der Waals surface area contributed by atoms with Crippen LogP contribution in [0.2, 0.25) is 0 Å². The van der Waals surface area contributed by atoms with Gasteiger partial charge in [0.1, 0.15) is 23.7 Å². The van der Waals surface area contributed by atoms with Crippen molar-refractivity contribution in [3.8, 4) is 33.5 Å². The van der Waals surface area contributed by atoms with Gasteiger partial charge in [-0.25, -0.2) is 19.6 Å². The molecule has 15 nitrogen and oxygen atoms in total. The summed E-state index contributed by atoms with van der Waals surface area (Å²) in [5, 5.41) is 5.59. The van der Waals surface area contributed by atoms with Crippen LogP contribution in [-0.4, -0.2) is 104 Å². The molecule has 11 rings (SSSR count). The molecule has 0 radical (unpaired) electrons. The highest BCUT2D eigenvalue weighted by atomic mass is 16.5. The van der Waals surface area contributed by atoms with E-state index in [0.29, 0.717) is 23.9 Å². The van der Waals surface area contributed by atoms with Gasteiger partial charge >= 0.3 is 12.2 Å². The molecule has 2 aromatic heterocycles. The van der Waals surface area contributed by atoms with Gasteiger partial charge in [0.15, 0.2) is 0 Å². The maximum atomic E-state index is 14.2. The van der Waals surface area contributed by atoms with Crippen molar-refractivity contribution in [3.63, 3.8) is 0 Å². The molecule has 8 unspecified atom stereocenters. The lowest BCUT2D eigenvalue weighted by Gasteiger charge is -2.37. The number of piperidine rings is 2. The summed E-state index contributed by atoms with van der Waals surface area (Å²) in [5.74, 6) is 1.84. The number of aromatic nitrogens is 4. The number of nitrogens with zero attached hydrogens (tertiary/aromatic N) is 5. The van der Waals surface area contributed by atoms with Crippen LogP contribution in [0, 0.1) is 23.7 Å². The molecule has 6 aliphatic rings. The molecule has 4 N–H and O–H groups in total. The molecule has 15 heteroatoms. The largest absolute Gasteiger partial charge is 0.453 e. The number of amides is 4. The Morgan fingerprint density at radius 3 is 1.71 bits per heavy atom. The van der Waals surface area contributed by atoms with Crippen molar-refractivity contribution in [2.24, 2.45) is 23.7 Å². The highest BCUT2D eigenvalue weighted by molar-refractivity contribution is 5.89. The van der Waals surface area contributed by atoms with Crippen molar-refractivity contribution in [2.45, 2.75) is 127 Å². The van der Waals surface area contributed by atoms with E-state index in [-0.39, 0.29) is 47.8 Å². The van der Waals surface area contributed by atoms with Gasteiger partial charge in [0.25, 0.3) is 0 Å². The zero-order valence-corrected chi connectivity index (χ0v) is 40.0. The minimum absolute atomic E-state index is 0.0796. The van der Waals surface area contributed by atoms with Crippen molar-refractivity contribution < 1.29 is 28.7 Å². The second-order valence-corrected chi connectivity index (χ2v) is 20.9. The van der Waals surface area contributed by atoms with Gasteiger partial charge < -0.3 is 39.9 Å². The van der Waals surface area contributed by atoms with Crippen LogP contribution < -0.4 is 10.6 Å². The van der Waals surface area contributed by atoms with Gasteiger partial charge in [-0.15, -0.1) is 0 Å². The van der Waals surface area contributed by atoms with Crippen molar-refractivity contribution in [1.82, 2.24) is 45.3 Å². The Kier molecular flexibility index (Phi) is 11.1. The third-order valence-corrected chi connectivity index (χ3v) is 16.6. The molecule has 5 fully saturated rings. The summed E-state index contributed by atoms with van der Waals surface area (Å²) in [4.78, 5) is 76.7. The topological polar surface area (TPSA) is 178 Å². The summed E-state index contributed by atoms with van der Waals surface area (Å²) in [7, 11) is 4.90. The average molecular weight is 922 g/mol. The van der Waals surface area contributed by atoms with E-state index in [0.717, 1.165) is 90.9 Å². The first-order chi connectivity index (χ1) is 32.8. The van der Waals surface area contributed by atoms with Gasteiger partial charge in [-0.05, 0) is 133 Å². The van der Waals surface area contributed by atoms with Crippen LogP contribution >= 0.6 is 0 Å². The first kappa shape index (κ1) is 44.3. The summed E-state index contributed by atoms with van der Waals surface area (Å²) in [5.41, 5.74) is 11.3. The van der Waals surface area contributed by atoms with Crippen LogP contribution in [0.3, 0.4) is 0 Å². The first-order valence-corrected chi connectivity index (χ1v) is 24.7. The molecule has 5 aromatic rings. The number of carbonyl (C=O) groups is 4. The molecule has 4 aliphatic heterocycles. The lowest BCUT2D eigenvalue weighted by atomic mass is 9.81. The van der Waals surface area contributed by atoms with Gasteiger partial charge in [0.2, 0.25) is 11.8 Å². The molecule has 3 saturated heterocycles. The normalized spacial score (nSPS) is 26.5. The lowest BCUT2D eigenvalue weighted by Crippen LogP contribution is -2.54. The summed E-state index contributed by atoms with van der Waals surface area (Å²) in [6.07, 6.45) is 8.78. The van der Waals surface area contributed by atoms with Crippen LogP contribution in [0.25, 0.3) is 44.5 Å². The zero-order valence-electron chi connectivity index (χ0n) is 40.0. The number of alkyl carbamates (subject to hydrolysis) is 2. The Hall–Kier alpha value is -6.22. The van der Waals surface area contributed by atoms with Crippen molar-refractivity contribution in [3.05, 3.63) is 83.6 Å². The molecule has 2 saturated carbocycles. The SMILES string of the molecule is COC(=O)N[C@H](C(=O)N1C2CCC(C2)C1c1ncc(-c2ccc(-c3ccc(-c4ccc5nc(C6C7CCC(C7)N6C(=O)[C@@H](NC(=O)OC)C(C)C)[nH]c5c4)c4c3C3CCC4N3C)cc2)[nH]1)C(C)C. The summed E-state index contributed by atoms with van der Waals surface area (Å²) in [6, 6.07) is 19.0. The number of fused-ring (bicyclic) bond motifs is 10. The second-order valence-electron chi connectivity index (χ2n) is 20.9. The summed E-state index contributed by atoms with van der Waals surface area (Å²) < 4.78 is 9.75. The molecule has 3 aromatic carbocycles. The zero-order chi connectivity index (χ0) is 47.3. The van der Waals surface area contributed by atoms with E-state index in [1.165, 1.54) is 42.0 Å². The number of H-pyrrole nitrogens is 2. The highest BCUT2D eigenvalue weighted by Gasteiger charge is 2.53. The monoisotopic (exact) mass is 921 g/mol. The standard InChI is InChI=1S/C53H63N9O6/c1-26(2)44(58-52(65)67-6)50(63)61-33-15-12-31(22-33)46(61)48-54-25-39(57-48)29-10-8-28(9-11-29)35-17-18-36(43-41-21-20-40(42(35)43)60(41)5)30-14-19-37-38(24-30)56-49(55-37)47-32-13-16-34(23-32)62(47)51(64)45(27(3)4)59-53(66)68-7/h8-11,14,17-19,24-27,31-34,40-41,44-47H,12-13,15-16,20-23H2,1-7H3,(H,54,57)(H,55,56)(H,58,65)(H,59,66)/t31?,32?,33?,34?,40?,41?,44-,45-,46?,47?/m0/s1. The maximum absolute atomic E-state index is 14.2. The van der Waals surface area contributed by atoms with Crippen LogP contribution in [0.1, 0.15) is 126 Å². The number of aromatic amines is 2. The molecule has 10 atom stereocenters. The van der Waals surface area contributed by atoms with Crippen LogP contribution in [0.15, 0.2) is 60.8 Å². The number of carbonyl (C=O) groups excluding carboxylic acids is 4. The maximum Gasteiger partial charge on any atom is 0.407 e. The number of benzene rings is 3. The lowest BCUT2D eigenvalue weighted by molar-refractivity contribution is -0.140. The molecule has 356 valence electrons. The van der Waals surface area contributed by atoms with E-state index in [1.807, 2.05) is 43.7 Å². The molecule has 4 amide bonds. The van der Waals surface area contributed by atoms with Crippen molar-refractivity contribution in [2.75, 3.05) is 21.3 Å². The summed E-state index contributed by atoms with van der Waals surface area (Å²) in [6.45, 7) is 7.78. The fourth-order valence-corrected chi connectivity index (χ4v) is 13.3. The molecular formula is C53H63N9O6. The average Bonchev–Trinajstić information content (AvgIpc) is 4.23. The smallest absolute Gasteiger partial charge is 0.407 e. The Morgan fingerprint density at radius 2 is 1.16 bits per heavy atom. The van der Waals surface area contributed by atoms with E-state index in [4.69, 9.17) is 19.4 Å². The molecule has 6 bridgehead atoms. The quantitative estimate of drug-likeness (QED) is 0.101. The van der Waals surface area contributed by atoms with Crippen LogP contribution in [0.4, 0.5) is 9.59 Å². The number of imidazole rings is 2. The van der Waals surface area contributed by atoms with E-state index in [2.05, 4.69) is 87.1 Å². The van der Waals surface area contributed by atoms with E-state index in [1.54, 1.807) is 0 Å². The van der Waals surface area contributed by atoms with E-state index >= 15 is 0 Å². The first-order valence-electron chi connectivity index (χ1n) is 24.7. The Morgan fingerprint density at radius 1 is 0.647 bits per heavy atom. The van der Waals surface area contributed by atoms with Crippen molar-refractivity contribution >= 4 is 35.0 Å². The van der Waals surface area contributed by atoms with Gasteiger partial charge in [-0.3, -0.25) is 14.5 Å². The van der Waals surface area contributed by atoms with Crippen molar-refractivity contribution in [1.29, 1.82) is 0 Å². The number of hydrogen-bond donors (Lipinski definition) is 4. The van der Waals surface area contributed by atoms with Gasteiger partial charge in [-0.2, -0.15) is 0 Å². The molecule has 68 heavy (non-hydrogen) atoms. The second kappa shape index (κ2) is 17.1. The van der Waals surface area contributed by atoms with Crippen LogP contribution in [0.5, 0.6) is 0 Å². The predicted octanol–water partition coefficient (Wildman–Crippen LogP) is 8.97.